The van der Waals surface area contributed by atoms with Crippen molar-refractivity contribution >= 4 is 37.9 Å². The number of hydrogen-bond acceptors (Lipinski definition) is 5. The van der Waals surface area contributed by atoms with Gasteiger partial charge in [-0.15, -0.1) is 11.3 Å². The first-order valence-corrected chi connectivity index (χ1v) is 11.6. The number of imidazole rings is 1. The molecule has 6 nitrogen and oxygen atoms in total. The first-order valence-electron chi connectivity index (χ1n) is 9.14. The third-order valence-electron chi connectivity index (χ3n) is 4.68. The summed E-state index contributed by atoms with van der Waals surface area (Å²) in [6, 6.07) is 11.7. The molecule has 0 aliphatic heterocycles. The van der Waals surface area contributed by atoms with E-state index >= 15 is 0 Å². The highest BCUT2D eigenvalue weighted by atomic mass is 32.2. The summed E-state index contributed by atoms with van der Waals surface area (Å²) in [6.45, 7) is 3.22. The number of nitrogens with zero attached hydrogens (tertiary/aromatic N) is 2. The molecule has 0 bridgehead atoms. The van der Waals surface area contributed by atoms with Gasteiger partial charge in [0.15, 0.2) is 14.8 Å². The van der Waals surface area contributed by atoms with E-state index < -0.39 is 21.0 Å². The van der Waals surface area contributed by atoms with Crippen LogP contribution < -0.4 is 5.32 Å². The minimum Gasteiger partial charge on any atom is -0.306 e. The molecule has 154 valence electrons. The molecule has 0 spiro atoms. The fraction of sp³-hybridized carbons (Fsp3) is 0.143. The molecule has 0 atom stereocenters. The van der Waals surface area contributed by atoms with Gasteiger partial charge in [0.05, 0.1) is 10.1 Å². The maximum absolute atomic E-state index is 13.3. The molecule has 9 heteroatoms. The molecule has 2 aromatic carbocycles. The summed E-state index contributed by atoms with van der Waals surface area (Å²) in [5.74, 6) is -0.302. The molecule has 2 heterocycles. The van der Waals surface area contributed by atoms with E-state index in [1.54, 1.807) is 36.6 Å². The van der Waals surface area contributed by atoms with Gasteiger partial charge in [0.25, 0.3) is 5.91 Å². The van der Waals surface area contributed by atoms with Crippen molar-refractivity contribution in [1.29, 1.82) is 0 Å². The number of sulfone groups is 1. The fourth-order valence-corrected chi connectivity index (χ4v) is 4.74. The number of hydrogen-bond donors (Lipinski definition) is 1. The van der Waals surface area contributed by atoms with Gasteiger partial charge in [-0.05, 0) is 62.4 Å². The van der Waals surface area contributed by atoms with E-state index in [2.05, 4.69) is 10.3 Å². The Morgan fingerprint density at radius 1 is 1.10 bits per heavy atom. The summed E-state index contributed by atoms with van der Waals surface area (Å²) in [5, 5.41) is 4.15. The van der Waals surface area contributed by atoms with E-state index in [-0.39, 0.29) is 10.7 Å². The Bertz CT molecular complexity index is 1320. The van der Waals surface area contributed by atoms with Gasteiger partial charge in [0, 0.05) is 22.7 Å². The van der Waals surface area contributed by atoms with Crippen molar-refractivity contribution in [3.05, 3.63) is 71.5 Å². The Morgan fingerprint density at radius 3 is 2.40 bits per heavy atom. The number of rotatable bonds is 5. The highest BCUT2D eigenvalue weighted by Gasteiger charge is 2.21. The number of carbonyl (C=O) groups excluding carboxylic acids is 1. The second kappa shape index (κ2) is 7.66. The number of halogens is 1. The molecule has 30 heavy (non-hydrogen) atoms. The van der Waals surface area contributed by atoms with Crippen LogP contribution in [0, 0.1) is 5.82 Å². The lowest BCUT2D eigenvalue weighted by Crippen LogP contribution is -2.16. The van der Waals surface area contributed by atoms with E-state index in [4.69, 9.17) is 0 Å². The fourth-order valence-electron chi connectivity index (χ4n) is 2.96. The molecule has 1 amide bonds. The quantitative estimate of drug-likeness (QED) is 0.487. The average Bonchev–Trinajstić information content (AvgIpc) is 3.31. The Hall–Kier alpha value is -3.04. The van der Waals surface area contributed by atoms with Crippen molar-refractivity contribution in [2.75, 3.05) is 5.32 Å². The van der Waals surface area contributed by atoms with Gasteiger partial charge in [-0.2, -0.15) is 0 Å². The Morgan fingerprint density at radius 2 is 1.77 bits per heavy atom. The first kappa shape index (κ1) is 20.2. The van der Waals surface area contributed by atoms with Crippen LogP contribution in [0.2, 0.25) is 0 Å². The lowest BCUT2D eigenvalue weighted by atomic mass is 10.1. The van der Waals surface area contributed by atoms with Crippen LogP contribution in [0.25, 0.3) is 16.2 Å². The molecule has 4 rings (SSSR count). The monoisotopic (exact) mass is 443 g/mol. The number of thiazole rings is 1. The van der Waals surface area contributed by atoms with Crippen LogP contribution in [0.5, 0.6) is 0 Å². The van der Waals surface area contributed by atoms with Crippen LogP contribution in [0.3, 0.4) is 0 Å². The zero-order valence-corrected chi connectivity index (χ0v) is 17.8. The van der Waals surface area contributed by atoms with Gasteiger partial charge in [-0.1, -0.05) is 0 Å². The minimum atomic E-state index is -3.41. The molecule has 0 fully saturated rings. The predicted octanol–water partition coefficient (Wildman–Crippen LogP) is 4.64. The molecule has 0 saturated heterocycles. The maximum atomic E-state index is 13.3. The van der Waals surface area contributed by atoms with Crippen LogP contribution in [0.4, 0.5) is 10.2 Å². The van der Waals surface area contributed by atoms with Crippen LogP contribution in [0.15, 0.2) is 65.0 Å². The standard InChI is InChI=1S/C21H18FN3O3S2/c1-13(2)30(27,28)17-9-5-15(6-10-17)20(26)24-19-18(14-3-7-16(22)8-4-14)23-21-25(19)11-12-29-21/h3-13H,1-2H3,(H,24,26). The smallest absolute Gasteiger partial charge is 0.256 e. The number of carbonyl (C=O) groups is 1. The van der Waals surface area contributed by atoms with Crippen molar-refractivity contribution in [3.8, 4) is 11.3 Å². The number of aromatic nitrogens is 2. The van der Waals surface area contributed by atoms with Crippen molar-refractivity contribution in [1.82, 2.24) is 9.38 Å². The molecule has 1 N–H and O–H groups in total. The van der Waals surface area contributed by atoms with Gasteiger partial charge in [-0.25, -0.2) is 17.8 Å². The van der Waals surface area contributed by atoms with Crippen LogP contribution in [-0.2, 0) is 9.84 Å². The van der Waals surface area contributed by atoms with Crippen molar-refractivity contribution in [2.45, 2.75) is 24.0 Å². The van der Waals surface area contributed by atoms with Crippen molar-refractivity contribution in [2.24, 2.45) is 0 Å². The summed E-state index contributed by atoms with van der Waals surface area (Å²) in [4.78, 5) is 18.3. The van der Waals surface area contributed by atoms with E-state index in [1.165, 1.54) is 47.7 Å². The molecule has 0 unspecified atom stereocenters. The number of amides is 1. The molecular weight excluding hydrogens is 425 g/mol. The largest absolute Gasteiger partial charge is 0.306 e. The van der Waals surface area contributed by atoms with Gasteiger partial charge in [-0.3, -0.25) is 9.20 Å². The van der Waals surface area contributed by atoms with Gasteiger partial charge < -0.3 is 5.32 Å². The molecular formula is C21H18FN3O3S2. The second-order valence-corrected chi connectivity index (χ2v) is 10.3. The number of benzene rings is 2. The molecule has 0 radical (unpaired) electrons. The topological polar surface area (TPSA) is 80.5 Å². The van der Waals surface area contributed by atoms with Crippen molar-refractivity contribution < 1.29 is 17.6 Å². The summed E-state index contributed by atoms with van der Waals surface area (Å²) >= 11 is 1.41. The lowest BCUT2D eigenvalue weighted by Gasteiger charge is -2.10. The zero-order chi connectivity index (χ0) is 21.5. The molecule has 0 saturated carbocycles. The maximum Gasteiger partial charge on any atom is 0.256 e. The van der Waals surface area contributed by atoms with E-state index in [0.29, 0.717) is 27.6 Å². The summed E-state index contributed by atoms with van der Waals surface area (Å²) < 4.78 is 39.6. The average molecular weight is 444 g/mol. The Labute approximate surface area is 176 Å². The van der Waals surface area contributed by atoms with Crippen LogP contribution >= 0.6 is 11.3 Å². The Kier molecular flexibility index (Phi) is 5.17. The molecule has 2 aromatic heterocycles. The zero-order valence-electron chi connectivity index (χ0n) is 16.2. The molecule has 4 aromatic rings. The van der Waals surface area contributed by atoms with Gasteiger partial charge in [0.2, 0.25) is 0 Å². The summed E-state index contributed by atoms with van der Waals surface area (Å²) in [7, 11) is -3.41. The van der Waals surface area contributed by atoms with Gasteiger partial charge >= 0.3 is 0 Å². The van der Waals surface area contributed by atoms with Gasteiger partial charge in [0.1, 0.15) is 17.3 Å². The number of nitrogens with one attached hydrogen (secondary N) is 1. The highest BCUT2D eigenvalue weighted by molar-refractivity contribution is 7.92. The predicted molar refractivity (Wildman–Crippen MR) is 115 cm³/mol. The molecule has 0 aliphatic rings. The highest BCUT2D eigenvalue weighted by Crippen LogP contribution is 2.31. The van der Waals surface area contributed by atoms with E-state index in [1.807, 2.05) is 5.38 Å². The van der Waals surface area contributed by atoms with E-state index in [9.17, 15) is 17.6 Å². The normalized spacial score (nSPS) is 11.9. The third kappa shape index (κ3) is 3.61. The lowest BCUT2D eigenvalue weighted by molar-refractivity contribution is 0.102. The SMILES string of the molecule is CC(C)S(=O)(=O)c1ccc(C(=O)Nc2c(-c3ccc(F)cc3)nc3sccn23)cc1. The van der Waals surface area contributed by atoms with Crippen molar-refractivity contribution in [3.63, 3.8) is 0 Å². The molecule has 0 aliphatic carbocycles. The Balaban J connectivity index is 1.67. The summed E-state index contributed by atoms with van der Waals surface area (Å²) in [6.07, 6.45) is 1.79. The van der Waals surface area contributed by atoms with Crippen LogP contribution in [-0.4, -0.2) is 29.0 Å². The summed E-state index contributed by atoms with van der Waals surface area (Å²) in [5.41, 5.74) is 1.50. The van der Waals surface area contributed by atoms with Crippen LogP contribution in [0.1, 0.15) is 24.2 Å². The number of fused-ring (bicyclic) bond motifs is 1. The first-order chi connectivity index (χ1) is 14.3. The minimum absolute atomic E-state index is 0.172. The number of anilines is 1. The third-order valence-corrected chi connectivity index (χ3v) is 7.60. The second-order valence-electron chi connectivity index (χ2n) is 6.94. The van der Waals surface area contributed by atoms with E-state index in [0.717, 1.165) is 0 Å².